The lowest BCUT2D eigenvalue weighted by Gasteiger charge is -2.26. The highest BCUT2D eigenvalue weighted by molar-refractivity contribution is 5.65. The highest BCUT2D eigenvalue weighted by Gasteiger charge is 2.23. The van der Waals surface area contributed by atoms with Crippen LogP contribution in [0, 0.1) is 0 Å². The van der Waals surface area contributed by atoms with Crippen LogP contribution in [0.1, 0.15) is 17.4 Å². The first-order valence-electron chi connectivity index (χ1n) is 8.71. The molecule has 0 saturated carbocycles. The number of hydrogen-bond donors (Lipinski definition) is 0. The second-order valence-electron chi connectivity index (χ2n) is 6.15. The van der Waals surface area contributed by atoms with E-state index in [-0.39, 0.29) is 6.10 Å². The largest absolute Gasteiger partial charge is 0.343 e. The van der Waals surface area contributed by atoms with E-state index in [9.17, 15) is 0 Å². The molecular formula is C23H20O3. The van der Waals surface area contributed by atoms with E-state index in [1.165, 1.54) is 11.1 Å². The third-order valence-electron chi connectivity index (χ3n) is 4.27. The van der Waals surface area contributed by atoms with Crippen LogP contribution in [0.25, 0.3) is 17.2 Å². The van der Waals surface area contributed by atoms with Gasteiger partial charge in [0.2, 0.25) is 6.29 Å². The molecule has 0 aromatic heterocycles. The lowest BCUT2D eigenvalue weighted by molar-refractivity contribution is -0.437. The van der Waals surface area contributed by atoms with Gasteiger partial charge in [-0.25, -0.2) is 4.89 Å². The van der Waals surface area contributed by atoms with Crippen molar-refractivity contribution in [2.75, 3.05) is 6.61 Å². The molecule has 1 aliphatic rings. The Hall–Kier alpha value is -2.72. The van der Waals surface area contributed by atoms with E-state index >= 15 is 0 Å². The van der Waals surface area contributed by atoms with E-state index in [0.29, 0.717) is 6.61 Å². The average molecular weight is 344 g/mol. The molecule has 0 N–H and O–H groups in total. The molecule has 2 atom stereocenters. The van der Waals surface area contributed by atoms with E-state index in [2.05, 4.69) is 36.4 Å². The number of rotatable bonds is 4. The number of ether oxygens (including phenoxy) is 1. The lowest BCUT2D eigenvalue weighted by Crippen LogP contribution is -2.27. The molecule has 0 amide bonds. The first-order valence-corrected chi connectivity index (χ1v) is 8.71. The van der Waals surface area contributed by atoms with Crippen molar-refractivity contribution in [3.8, 4) is 11.1 Å². The van der Waals surface area contributed by atoms with Crippen LogP contribution in [-0.4, -0.2) is 12.7 Å². The highest BCUT2D eigenvalue weighted by Crippen LogP contribution is 2.25. The van der Waals surface area contributed by atoms with Crippen molar-refractivity contribution in [3.05, 3.63) is 102 Å². The molecule has 3 aromatic rings. The molecule has 130 valence electrons. The Morgan fingerprint density at radius 1 is 0.692 bits per heavy atom. The van der Waals surface area contributed by atoms with Gasteiger partial charge < -0.3 is 4.74 Å². The smallest absolute Gasteiger partial charge is 0.217 e. The third-order valence-corrected chi connectivity index (χ3v) is 4.27. The molecule has 0 bridgehead atoms. The van der Waals surface area contributed by atoms with Crippen LogP contribution < -0.4 is 0 Å². The standard InChI is InChI=1S/C23H20O3/c1-3-7-19(8-4-1)20-14-11-18(12-15-20)13-16-22-17-24-23(26-25-22)21-9-5-2-6-10-21/h1-16,22-23H,17H2. The predicted molar refractivity (Wildman–Crippen MR) is 102 cm³/mol. The molecule has 1 heterocycles. The minimum atomic E-state index is -0.467. The fourth-order valence-corrected chi connectivity index (χ4v) is 2.84. The Morgan fingerprint density at radius 2 is 1.35 bits per heavy atom. The summed E-state index contributed by atoms with van der Waals surface area (Å²) in [7, 11) is 0. The average Bonchev–Trinajstić information content (AvgIpc) is 2.74. The predicted octanol–water partition coefficient (Wildman–Crippen LogP) is 5.41. The van der Waals surface area contributed by atoms with Gasteiger partial charge in [0, 0.05) is 5.56 Å². The van der Waals surface area contributed by atoms with Crippen LogP contribution in [-0.2, 0) is 14.5 Å². The summed E-state index contributed by atoms with van der Waals surface area (Å²) in [6, 6.07) is 28.5. The van der Waals surface area contributed by atoms with Crippen LogP contribution in [0.3, 0.4) is 0 Å². The summed E-state index contributed by atoms with van der Waals surface area (Å²) in [5, 5.41) is 0. The van der Waals surface area contributed by atoms with Gasteiger partial charge in [0.05, 0.1) is 6.61 Å². The number of hydrogen-bond acceptors (Lipinski definition) is 3. The molecule has 1 saturated heterocycles. The molecule has 0 aliphatic carbocycles. The van der Waals surface area contributed by atoms with E-state index in [1.54, 1.807) is 0 Å². The van der Waals surface area contributed by atoms with Gasteiger partial charge in [-0.1, -0.05) is 91.0 Å². The van der Waals surface area contributed by atoms with Gasteiger partial charge in [-0.3, -0.25) is 0 Å². The first-order chi connectivity index (χ1) is 12.9. The minimum absolute atomic E-state index is 0.219. The summed E-state index contributed by atoms with van der Waals surface area (Å²) in [6.07, 6.45) is 3.29. The topological polar surface area (TPSA) is 27.7 Å². The second kappa shape index (κ2) is 8.11. The van der Waals surface area contributed by atoms with Crippen molar-refractivity contribution >= 4 is 6.08 Å². The molecule has 3 heteroatoms. The SMILES string of the molecule is C(=CC1COC(c2ccccc2)OO1)c1ccc(-c2ccccc2)cc1. The molecule has 3 aromatic carbocycles. The van der Waals surface area contributed by atoms with Crippen LogP contribution in [0.2, 0.25) is 0 Å². The zero-order valence-corrected chi connectivity index (χ0v) is 14.3. The molecular weight excluding hydrogens is 324 g/mol. The Morgan fingerprint density at radius 3 is 2.00 bits per heavy atom. The summed E-state index contributed by atoms with van der Waals surface area (Å²) >= 11 is 0. The van der Waals surface area contributed by atoms with Crippen LogP contribution in [0.4, 0.5) is 0 Å². The van der Waals surface area contributed by atoms with Crippen molar-refractivity contribution in [3.63, 3.8) is 0 Å². The van der Waals surface area contributed by atoms with E-state index < -0.39 is 6.29 Å². The summed E-state index contributed by atoms with van der Waals surface area (Å²) in [5.74, 6) is 0. The molecule has 1 aliphatic heterocycles. The quantitative estimate of drug-likeness (QED) is 0.592. The van der Waals surface area contributed by atoms with Gasteiger partial charge in [0.1, 0.15) is 6.10 Å². The monoisotopic (exact) mass is 344 g/mol. The summed E-state index contributed by atoms with van der Waals surface area (Å²) in [6.45, 7) is 0.457. The van der Waals surface area contributed by atoms with Gasteiger partial charge in [0.25, 0.3) is 0 Å². The second-order valence-corrected chi connectivity index (χ2v) is 6.15. The van der Waals surface area contributed by atoms with Gasteiger partial charge in [-0.15, -0.1) is 0 Å². The Labute approximate surface area is 153 Å². The van der Waals surface area contributed by atoms with Crippen molar-refractivity contribution < 1.29 is 14.5 Å². The zero-order valence-electron chi connectivity index (χ0n) is 14.3. The maximum absolute atomic E-state index is 5.74. The molecule has 3 nitrogen and oxygen atoms in total. The summed E-state index contributed by atoms with van der Waals surface area (Å²) in [5.41, 5.74) is 4.48. The Kier molecular flexibility index (Phi) is 5.22. The maximum atomic E-state index is 5.74. The third kappa shape index (κ3) is 4.09. The van der Waals surface area contributed by atoms with Crippen LogP contribution in [0.5, 0.6) is 0 Å². The van der Waals surface area contributed by atoms with Crippen molar-refractivity contribution in [1.29, 1.82) is 0 Å². The van der Waals surface area contributed by atoms with Gasteiger partial charge >= 0.3 is 0 Å². The zero-order chi connectivity index (χ0) is 17.6. The normalized spacial score (nSPS) is 20.3. The molecule has 0 spiro atoms. The lowest BCUT2D eigenvalue weighted by atomic mass is 10.0. The molecule has 1 fully saturated rings. The minimum Gasteiger partial charge on any atom is -0.343 e. The fraction of sp³-hybridized carbons (Fsp3) is 0.130. The number of benzene rings is 3. The Balaban J connectivity index is 1.34. The fourth-order valence-electron chi connectivity index (χ4n) is 2.84. The van der Waals surface area contributed by atoms with E-state index in [1.807, 2.05) is 60.7 Å². The van der Waals surface area contributed by atoms with Crippen molar-refractivity contribution in [1.82, 2.24) is 0 Å². The van der Waals surface area contributed by atoms with Crippen LogP contribution >= 0.6 is 0 Å². The van der Waals surface area contributed by atoms with E-state index in [0.717, 1.165) is 11.1 Å². The van der Waals surface area contributed by atoms with Gasteiger partial charge in [-0.05, 0) is 22.8 Å². The maximum Gasteiger partial charge on any atom is 0.217 e. The molecule has 0 radical (unpaired) electrons. The molecule has 4 rings (SSSR count). The van der Waals surface area contributed by atoms with Crippen molar-refractivity contribution in [2.45, 2.75) is 12.4 Å². The van der Waals surface area contributed by atoms with Gasteiger partial charge in [-0.2, -0.15) is 4.89 Å². The van der Waals surface area contributed by atoms with E-state index in [4.69, 9.17) is 14.5 Å². The Bertz CT molecular complexity index is 834. The molecule has 2 unspecified atom stereocenters. The highest BCUT2D eigenvalue weighted by atomic mass is 17.2. The van der Waals surface area contributed by atoms with Gasteiger partial charge in [0.15, 0.2) is 0 Å². The first kappa shape index (κ1) is 16.7. The molecule has 26 heavy (non-hydrogen) atoms. The summed E-state index contributed by atoms with van der Waals surface area (Å²) < 4.78 is 5.74. The van der Waals surface area contributed by atoms with Crippen LogP contribution in [0.15, 0.2) is 91.0 Å². The van der Waals surface area contributed by atoms with Crippen molar-refractivity contribution in [2.24, 2.45) is 0 Å². The summed E-state index contributed by atoms with van der Waals surface area (Å²) in [4.78, 5) is 10.8.